The van der Waals surface area contributed by atoms with E-state index >= 15 is 0 Å². The maximum Gasteiger partial charge on any atom is 0.0706 e. The third-order valence-electron chi connectivity index (χ3n) is 3.10. The Hall–Kier alpha value is -0.430. The van der Waals surface area contributed by atoms with Gasteiger partial charge < -0.3 is 4.90 Å². The highest BCUT2D eigenvalue weighted by atomic mass is 79.9. The molecule has 6 heteroatoms. The Bertz CT molecular complexity index is 315. The molecular weight excluding hydrogens is 282 g/mol. The Morgan fingerprint density at radius 2 is 2.18 bits per heavy atom. The van der Waals surface area contributed by atoms with Crippen LogP contribution in [0.25, 0.3) is 0 Å². The smallest absolute Gasteiger partial charge is 0.0706 e. The third-order valence-corrected chi connectivity index (χ3v) is 3.71. The number of hydrogen-bond acceptors (Lipinski definition) is 4. The van der Waals surface area contributed by atoms with E-state index in [9.17, 15) is 0 Å². The lowest BCUT2D eigenvalue weighted by atomic mass is 10.1. The minimum Gasteiger partial charge on any atom is -0.304 e. The maximum atomic E-state index is 5.64. The molecular formula is C11H22BrN5. The first kappa shape index (κ1) is 14.6. The number of aryl methyl sites for hydroxylation is 1. The summed E-state index contributed by atoms with van der Waals surface area (Å²) in [6, 6.07) is 0.123. The lowest BCUT2D eigenvalue weighted by Gasteiger charge is -2.22. The van der Waals surface area contributed by atoms with Crippen molar-refractivity contribution in [2.75, 3.05) is 19.6 Å². The van der Waals surface area contributed by atoms with Crippen molar-refractivity contribution in [3.8, 4) is 0 Å². The van der Waals surface area contributed by atoms with Crippen LogP contribution in [0.3, 0.4) is 0 Å². The fourth-order valence-corrected chi connectivity index (χ4v) is 2.59. The molecule has 0 aliphatic rings. The molecule has 0 fully saturated rings. The van der Waals surface area contributed by atoms with Gasteiger partial charge in [0.05, 0.1) is 22.4 Å². The molecule has 17 heavy (non-hydrogen) atoms. The van der Waals surface area contributed by atoms with Gasteiger partial charge in [-0.3, -0.25) is 16.0 Å². The number of nitrogens with one attached hydrogen (secondary N) is 1. The molecule has 5 nitrogen and oxygen atoms in total. The van der Waals surface area contributed by atoms with Gasteiger partial charge in [0.15, 0.2) is 0 Å². The minimum atomic E-state index is 0.123. The normalized spacial score (nSPS) is 13.3. The van der Waals surface area contributed by atoms with Crippen LogP contribution in [-0.2, 0) is 7.05 Å². The van der Waals surface area contributed by atoms with Gasteiger partial charge in [0.2, 0.25) is 0 Å². The number of nitrogens with two attached hydrogens (primary N) is 1. The number of halogens is 1. The van der Waals surface area contributed by atoms with E-state index < -0.39 is 0 Å². The number of rotatable bonds is 7. The van der Waals surface area contributed by atoms with Gasteiger partial charge in [-0.1, -0.05) is 13.8 Å². The van der Waals surface area contributed by atoms with E-state index in [1.165, 1.54) is 0 Å². The summed E-state index contributed by atoms with van der Waals surface area (Å²) < 4.78 is 2.86. The van der Waals surface area contributed by atoms with Crippen molar-refractivity contribution in [3.63, 3.8) is 0 Å². The van der Waals surface area contributed by atoms with E-state index in [0.29, 0.717) is 0 Å². The van der Waals surface area contributed by atoms with Crippen LogP contribution in [0.15, 0.2) is 10.7 Å². The monoisotopic (exact) mass is 303 g/mol. The average molecular weight is 304 g/mol. The summed E-state index contributed by atoms with van der Waals surface area (Å²) >= 11 is 3.51. The Morgan fingerprint density at radius 1 is 1.53 bits per heavy atom. The van der Waals surface area contributed by atoms with Crippen molar-refractivity contribution in [3.05, 3.63) is 16.4 Å². The van der Waals surface area contributed by atoms with Crippen LogP contribution in [0.2, 0.25) is 0 Å². The van der Waals surface area contributed by atoms with Crippen molar-refractivity contribution < 1.29 is 0 Å². The van der Waals surface area contributed by atoms with E-state index in [0.717, 1.165) is 36.2 Å². The second kappa shape index (κ2) is 7.10. The lowest BCUT2D eigenvalue weighted by molar-refractivity contribution is 0.279. The zero-order valence-corrected chi connectivity index (χ0v) is 12.4. The van der Waals surface area contributed by atoms with Crippen molar-refractivity contribution >= 4 is 15.9 Å². The summed E-state index contributed by atoms with van der Waals surface area (Å²) in [5.74, 6) is 5.64. The number of nitrogens with zero attached hydrogens (tertiary/aromatic N) is 3. The lowest BCUT2D eigenvalue weighted by Crippen LogP contribution is -2.34. The molecule has 0 radical (unpaired) electrons. The van der Waals surface area contributed by atoms with Gasteiger partial charge in [0.1, 0.15) is 0 Å². The Labute approximate surface area is 111 Å². The molecule has 1 atom stereocenters. The topological polar surface area (TPSA) is 59.1 Å². The van der Waals surface area contributed by atoms with Crippen LogP contribution in [-0.4, -0.2) is 34.3 Å². The van der Waals surface area contributed by atoms with E-state index in [4.69, 9.17) is 5.84 Å². The van der Waals surface area contributed by atoms with Gasteiger partial charge in [-0.05, 0) is 35.4 Å². The van der Waals surface area contributed by atoms with Gasteiger partial charge in [-0.2, -0.15) is 5.10 Å². The van der Waals surface area contributed by atoms with Crippen LogP contribution in [0, 0.1) is 0 Å². The van der Waals surface area contributed by atoms with E-state index in [1.54, 1.807) is 6.20 Å². The molecule has 0 saturated carbocycles. The molecule has 1 rings (SSSR count). The van der Waals surface area contributed by atoms with Gasteiger partial charge in [-0.15, -0.1) is 0 Å². The average Bonchev–Trinajstić information content (AvgIpc) is 2.66. The highest BCUT2D eigenvalue weighted by Crippen LogP contribution is 2.24. The molecule has 98 valence electrons. The highest BCUT2D eigenvalue weighted by Gasteiger charge is 2.18. The predicted molar refractivity (Wildman–Crippen MR) is 73.4 cm³/mol. The van der Waals surface area contributed by atoms with Gasteiger partial charge in [0, 0.05) is 13.6 Å². The first-order valence-corrected chi connectivity index (χ1v) is 6.79. The van der Waals surface area contributed by atoms with Gasteiger partial charge in [0.25, 0.3) is 0 Å². The summed E-state index contributed by atoms with van der Waals surface area (Å²) in [7, 11) is 1.93. The molecule has 0 bridgehead atoms. The fraction of sp³-hybridized carbons (Fsp3) is 0.727. The van der Waals surface area contributed by atoms with Crippen molar-refractivity contribution in [1.82, 2.24) is 20.1 Å². The van der Waals surface area contributed by atoms with E-state index in [1.807, 2.05) is 11.7 Å². The largest absolute Gasteiger partial charge is 0.304 e. The molecule has 0 amide bonds. The van der Waals surface area contributed by atoms with Crippen LogP contribution in [0.4, 0.5) is 0 Å². The first-order valence-electron chi connectivity index (χ1n) is 5.99. The fourth-order valence-electron chi connectivity index (χ4n) is 1.96. The summed E-state index contributed by atoms with van der Waals surface area (Å²) in [6.07, 6.45) is 2.77. The second-order valence-electron chi connectivity index (χ2n) is 4.04. The van der Waals surface area contributed by atoms with Crippen LogP contribution in [0.1, 0.15) is 32.0 Å². The highest BCUT2D eigenvalue weighted by molar-refractivity contribution is 9.10. The number of aromatic nitrogens is 2. The van der Waals surface area contributed by atoms with E-state index in [2.05, 4.69) is 45.2 Å². The zero-order valence-electron chi connectivity index (χ0n) is 10.8. The quantitative estimate of drug-likeness (QED) is 0.591. The van der Waals surface area contributed by atoms with E-state index in [-0.39, 0.29) is 6.04 Å². The zero-order chi connectivity index (χ0) is 12.8. The summed E-state index contributed by atoms with van der Waals surface area (Å²) in [5, 5.41) is 4.21. The van der Waals surface area contributed by atoms with Gasteiger partial charge in [-0.25, -0.2) is 0 Å². The molecule has 1 aromatic heterocycles. The van der Waals surface area contributed by atoms with Crippen LogP contribution >= 0.6 is 15.9 Å². The van der Waals surface area contributed by atoms with Crippen molar-refractivity contribution in [2.24, 2.45) is 12.9 Å². The second-order valence-corrected chi connectivity index (χ2v) is 4.89. The third kappa shape index (κ3) is 3.77. The van der Waals surface area contributed by atoms with Crippen LogP contribution < -0.4 is 11.3 Å². The summed E-state index contributed by atoms with van der Waals surface area (Å²) in [4.78, 5) is 2.38. The standard InChI is InChI=1S/C11H22BrN5/c1-4-17(5-2)7-6-10(15-13)11-9(12)8-14-16(11)3/h8,10,15H,4-7,13H2,1-3H3. The molecule has 0 aliphatic heterocycles. The minimum absolute atomic E-state index is 0.123. The van der Waals surface area contributed by atoms with Gasteiger partial charge >= 0.3 is 0 Å². The number of hydrazine groups is 1. The Morgan fingerprint density at radius 3 is 2.59 bits per heavy atom. The molecule has 1 heterocycles. The first-order chi connectivity index (χ1) is 8.13. The SMILES string of the molecule is CCN(CC)CCC(NN)c1c(Br)cnn1C. The Kier molecular flexibility index (Phi) is 6.11. The molecule has 0 spiro atoms. The maximum absolute atomic E-state index is 5.64. The molecule has 0 aliphatic carbocycles. The predicted octanol–water partition coefficient (Wildman–Crippen LogP) is 1.42. The summed E-state index contributed by atoms with van der Waals surface area (Å²) in [6.45, 7) is 7.52. The molecule has 0 aromatic carbocycles. The Balaban J connectivity index is 2.66. The molecule has 1 aromatic rings. The molecule has 3 N–H and O–H groups in total. The summed E-state index contributed by atoms with van der Waals surface area (Å²) in [5.41, 5.74) is 3.97. The van der Waals surface area contributed by atoms with Crippen molar-refractivity contribution in [1.29, 1.82) is 0 Å². The molecule has 1 unspecified atom stereocenters. The van der Waals surface area contributed by atoms with Crippen LogP contribution in [0.5, 0.6) is 0 Å². The van der Waals surface area contributed by atoms with Crippen molar-refractivity contribution in [2.45, 2.75) is 26.3 Å². The molecule has 0 saturated heterocycles. The number of hydrogen-bond donors (Lipinski definition) is 2.